The molecule has 4 heteroatoms. The molecule has 0 saturated carbocycles. The minimum Gasteiger partial charge on any atom is -0.496 e. The van der Waals surface area contributed by atoms with Crippen molar-refractivity contribution >= 4 is 31.0 Å². The number of ether oxygens (including phenoxy) is 1. The zero-order valence-corrected chi connectivity index (χ0v) is 12.5. The monoisotopic (exact) mass is 292 g/mol. The summed E-state index contributed by atoms with van der Waals surface area (Å²) in [5.74, 6) is 0.525. The minimum atomic E-state index is -0.00805. The Kier molecular flexibility index (Phi) is 4.57. The van der Waals surface area contributed by atoms with Crippen molar-refractivity contribution in [2.75, 3.05) is 7.11 Å². The Hall–Kier alpha value is -1.37. The molecule has 0 heterocycles. The van der Waals surface area contributed by atoms with Crippen LogP contribution >= 0.6 is 20.2 Å². The zero-order chi connectivity index (χ0) is 13.8. The fourth-order valence-electron chi connectivity index (χ4n) is 1.73. The third kappa shape index (κ3) is 3.34. The van der Waals surface area contributed by atoms with Gasteiger partial charge in [0.05, 0.1) is 17.7 Å². The van der Waals surface area contributed by atoms with Crippen LogP contribution in [-0.4, -0.2) is 12.6 Å². The van der Waals surface area contributed by atoms with E-state index < -0.39 is 0 Å². The van der Waals surface area contributed by atoms with E-state index >= 15 is 0 Å². The molecule has 0 aliphatic heterocycles. The summed E-state index contributed by atoms with van der Waals surface area (Å²) >= 11 is 6.10. The van der Waals surface area contributed by atoms with Crippen LogP contribution in [0.3, 0.4) is 0 Å². The summed E-state index contributed by atoms with van der Waals surface area (Å²) in [4.78, 5) is 12.3. The molecule has 2 rings (SSSR count). The smallest absolute Gasteiger partial charge is 0.190 e. The standard InChI is InChI=1S/C15H14ClO2P/c1-10-6-8-11(9-7-10)19-15(17)14-12(16)4-3-5-13(14)18-2/h3-9,19H,1-2H3. The first-order valence-electron chi connectivity index (χ1n) is 5.82. The minimum absolute atomic E-state index is 0.00805. The molecule has 0 aliphatic carbocycles. The molecule has 0 spiro atoms. The van der Waals surface area contributed by atoms with Crippen molar-refractivity contribution in [3.05, 3.63) is 58.6 Å². The maximum atomic E-state index is 12.3. The van der Waals surface area contributed by atoms with Crippen LogP contribution in [0.2, 0.25) is 5.02 Å². The van der Waals surface area contributed by atoms with Gasteiger partial charge in [-0.15, -0.1) is 0 Å². The van der Waals surface area contributed by atoms with Gasteiger partial charge in [0.25, 0.3) is 0 Å². The van der Waals surface area contributed by atoms with Crippen molar-refractivity contribution in [3.8, 4) is 5.75 Å². The quantitative estimate of drug-likeness (QED) is 0.801. The summed E-state index contributed by atoms with van der Waals surface area (Å²) in [6.07, 6.45) is 0. The van der Waals surface area contributed by atoms with E-state index in [1.54, 1.807) is 18.2 Å². The fraction of sp³-hybridized carbons (Fsp3) is 0.133. The van der Waals surface area contributed by atoms with E-state index in [2.05, 4.69) is 0 Å². The second-order valence-corrected chi connectivity index (χ2v) is 5.83. The van der Waals surface area contributed by atoms with E-state index in [0.29, 0.717) is 16.3 Å². The van der Waals surface area contributed by atoms with Gasteiger partial charge in [0.2, 0.25) is 0 Å². The van der Waals surface area contributed by atoms with Crippen molar-refractivity contribution in [3.63, 3.8) is 0 Å². The highest BCUT2D eigenvalue weighted by molar-refractivity contribution is 7.66. The molecule has 0 amide bonds. The number of aryl methyl sites for hydroxylation is 1. The van der Waals surface area contributed by atoms with E-state index in [1.807, 2.05) is 31.2 Å². The van der Waals surface area contributed by atoms with Crippen molar-refractivity contribution in [1.29, 1.82) is 0 Å². The molecular formula is C15H14ClO2P. The highest BCUT2D eigenvalue weighted by Gasteiger charge is 2.16. The number of rotatable bonds is 4. The van der Waals surface area contributed by atoms with Gasteiger partial charge >= 0.3 is 0 Å². The molecule has 0 aromatic heterocycles. The van der Waals surface area contributed by atoms with Gasteiger partial charge in [-0.2, -0.15) is 0 Å². The molecule has 19 heavy (non-hydrogen) atoms. The Morgan fingerprint density at radius 2 is 1.84 bits per heavy atom. The largest absolute Gasteiger partial charge is 0.496 e. The van der Waals surface area contributed by atoms with E-state index in [0.717, 1.165) is 5.30 Å². The summed E-state index contributed by atoms with van der Waals surface area (Å²) in [6.45, 7) is 2.02. The molecular weight excluding hydrogens is 279 g/mol. The summed E-state index contributed by atoms with van der Waals surface area (Å²) in [5, 5.41) is 1.43. The Bertz CT molecular complexity index is 594. The van der Waals surface area contributed by atoms with Crippen LogP contribution in [0.4, 0.5) is 0 Å². The number of benzene rings is 2. The maximum absolute atomic E-state index is 12.3. The highest BCUT2D eigenvalue weighted by Crippen LogP contribution is 2.32. The number of hydrogen-bond donors (Lipinski definition) is 0. The molecule has 2 aromatic rings. The normalized spacial score (nSPS) is 10.9. The van der Waals surface area contributed by atoms with Gasteiger partial charge in [-0.3, -0.25) is 4.79 Å². The van der Waals surface area contributed by atoms with Crippen molar-refractivity contribution < 1.29 is 9.53 Å². The summed E-state index contributed by atoms with van der Waals surface area (Å²) in [5.41, 5.74) is 1.63. The number of carbonyl (C=O) groups is 1. The van der Waals surface area contributed by atoms with Crippen LogP contribution in [0.1, 0.15) is 15.9 Å². The average Bonchev–Trinajstić information content (AvgIpc) is 2.40. The lowest BCUT2D eigenvalue weighted by Gasteiger charge is -2.09. The van der Waals surface area contributed by atoms with Gasteiger partial charge in [-0.05, 0) is 32.9 Å². The first-order valence-corrected chi connectivity index (χ1v) is 7.20. The molecule has 2 aromatic carbocycles. The lowest BCUT2D eigenvalue weighted by Crippen LogP contribution is -2.03. The molecule has 1 unspecified atom stereocenters. The van der Waals surface area contributed by atoms with Gasteiger partial charge in [0.1, 0.15) is 5.75 Å². The van der Waals surface area contributed by atoms with Gasteiger partial charge in [-0.1, -0.05) is 47.5 Å². The third-order valence-electron chi connectivity index (χ3n) is 2.73. The molecule has 2 nitrogen and oxygen atoms in total. The Labute approximate surface area is 119 Å². The third-order valence-corrected chi connectivity index (χ3v) is 4.15. The molecule has 0 fully saturated rings. The number of methoxy groups -OCH3 is 1. The Morgan fingerprint density at radius 3 is 2.47 bits per heavy atom. The van der Waals surface area contributed by atoms with Crippen molar-refractivity contribution in [2.24, 2.45) is 0 Å². The molecule has 1 atom stereocenters. The van der Waals surface area contributed by atoms with Crippen molar-refractivity contribution in [1.82, 2.24) is 0 Å². The topological polar surface area (TPSA) is 26.3 Å². The lowest BCUT2D eigenvalue weighted by molar-refractivity contribution is 0.108. The molecule has 98 valence electrons. The first kappa shape index (κ1) is 14.0. The van der Waals surface area contributed by atoms with E-state index in [9.17, 15) is 4.79 Å². The van der Waals surface area contributed by atoms with E-state index in [1.165, 1.54) is 12.7 Å². The number of hydrogen-bond acceptors (Lipinski definition) is 2. The van der Waals surface area contributed by atoms with Crippen LogP contribution in [-0.2, 0) is 0 Å². The van der Waals surface area contributed by atoms with Gasteiger partial charge in [0, 0.05) is 0 Å². The van der Waals surface area contributed by atoms with Gasteiger partial charge in [-0.25, -0.2) is 0 Å². The van der Waals surface area contributed by atoms with Crippen LogP contribution in [0.25, 0.3) is 0 Å². The predicted molar refractivity (Wildman–Crippen MR) is 81.5 cm³/mol. The van der Waals surface area contributed by atoms with E-state index in [-0.39, 0.29) is 14.1 Å². The van der Waals surface area contributed by atoms with Crippen molar-refractivity contribution in [2.45, 2.75) is 6.92 Å². The summed E-state index contributed by atoms with van der Waals surface area (Å²) < 4.78 is 5.20. The molecule has 0 bridgehead atoms. The summed E-state index contributed by atoms with van der Waals surface area (Å²) in [7, 11) is 1.58. The second kappa shape index (κ2) is 6.18. The fourth-order valence-corrected chi connectivity index (χ4v) is 3.03. The van der Waals surface area contributed by atoms with Crippen LogP contribution in [0.5, 0.6) is 5.75 Å². The van der Waals surface area contributed by atoms with Crippen LogP contribution in [0.15, 0.2) is 42.5 Å². The van der Waals surface area contributed by atoms with Crippen LogP contribution < -0.4 is 10.0 Å². The number of halogens is 1. The molecule has 0 radical (unpaired) electrons. The highest BCUT2D eigenvalue weighted by atomic mass is 35.5. The SMILES string of the molecule is COc1cccc(Cl)c1C(=O)Pc1ccc(C)cc1. The summed E-state index contributed by atoms with van der Waals surface area (Å²) in [6, 6.07) is 13.2. The Balaban J connectivity index is 2.27. The molecule has 0 N–H and O–H groups in total. The van der Waals surface area contributed by atoms with Crippen LogP contribution in [0, 0.1) is 6.92 Å². The predicted octanol–water partition coefficient (Wildman–Crippen LogP) is 3.80. The van der Waals surface area contributed by atoms with Gasteiger partial charge < -0.3 is 4.74 Å². The maximum Gasteiger partial charge on any atom is 0.190 e. The zero-order valence-electron chi connectivity index (χ0n) is 10.7. The molecule has 0 aliphatic rings. The average molecular weight is 293 g/mol. The van der Waals surface area contributed by atoms with E-state index in [4.69, 9.17) is 16.3 Å². The first-order chi connectivity index (χ1) is 9.11. The second-order valence-electron chi connectivity index (χ2n) is 4.14. The molecule has 0 saturated heterocycles. The Morgan fingerprint density at radius 1 is 1.16 bits per heavy atom. The van der Waals surface area contributed by atoms with Gasteiger partial charge in [0.15, 0.2) is 5.52 Å². The lowest BCUT2D eigenvalue weighted by atomic mass is 10.2. The number of carbonyl (C=O) groups excluding carboxylic acids is 1.